The van der Waals surface area contributed by atoms with E-state index in [0.717, 1.165) is 5.56 Å². The van der Waals surface area contributed by atoms with Crippen molar-refractivity contribution >= 4 is 0 Å². The molecule has 0 amide bonds. The monoisotopic (exact) mass is 199 g/mol. The Morgan fingerprint density at radius 1 is 1.36 bits per heavy atom. The first kappa shape index (κ1) is 11.1. The summed E-state index contributed by atoms with van der Waals surface area (Å²) in [6.07, 6.45) is 0.479. The Morgan fingerprint density at radius 2 is 2.07 bits per heavy atom. The smallest absolute Gasteiger partial charge is 0.273 e. The second-order valence-corrected chi connectivity index (χ2v) is 3.30. The third kappa shape index (κ3) is 2.51. The molecular weight excluding hydrogens is 184 g/mol. The molecule has 1 rings (SSSR count). The first-order valence-electron chi connectivity index (χ1n) is 4.77. The fourth-order valence-corrected chi connectivity index (χ4v) is 1.33. The van der Waals surface area contributed by atoms with Gasteiger partial charge in [0.15, 0.2) is 0 Å². The zero-order chi connectivity index (χ0) is 10.6. The van der Waals surface area contributed by atoms with Crippen LogP contribution in [0.25, 0.3) is 0 Å². The zero-order valence-electron chi connectivity index (χ0n) is 8.26. The van der Waals surface area contributed by atoms with Gasteiger partial charge in [0.25, 0.3) is 5.92 Å². The maximum atomic E-state index is 13.3. The Kier molecular flexibility index (Phi) is 3.58. The summed E-state index contributed by atoms with van der Waals surface area (Å²) in [5.74, 6) is -2.72. The molecule has 0 heterocycles. The van der Waals surface area contributed by atoms with E-state index < -0.39 is 5.92 Å². The largest absolute Gasteiger partial charge is 0.330 e. The summed E-state index contributed by atoms with van der Waals surface area (Å²) in [5.41, 5.74) is 6.33. The molecule has 0 saturated heterocycles. The maximum Gasteiger partial charge on any atom is 0.273 e. The van der Waals surface area contributed by atoms with Crippen molar-refractivity contribution in [2.24, 2.45) is 5.73 Å². The van der Waals surface area contributed by atoms with Crippen LogP contribution in [0, 0.1) is 0 Å². The van der Waals surface area contributed by atoms with Crippen LogP contribution in [-0.4, -0.2) is 6.54 Å². The van der Waals surface area contributed by atoms with Gasteiger partial charge in [-0.15, -0.1) is 0 Å². The molecule has 0 aromatic heterocycles. The number of benzene rings is 1. The molecule has 0 spiro atoms. The molecule has 2 N–H and O–H groups in total. The molecule has 1 aromatic carbocycles. The summed E-state index contributed by atoms with van der Waals surface area (Å²) in [6.45, 7) is 1.97. The predicted octanol–water partition coefficient (Wildman–Crippen LogP) is 2.69. The van der Waals surface area contributed by atoms with Gasteiger partial charge >= 0.3 is 0 Å². The highest BCUT2D eigenvalue weighted by atomic mass is 19.3. The van der Waals surface area contributed by atoms with E-state index in [1.54, 1.807) is 6.07 Å². The Bertz CT molecular complexity index is 297. The van der Waals surface area contributed by atoms with E-state index >= 15 is 0 Å². The summed E-state index contributed by atoms with van der Waals surface area (Å²) in [6, 6.07) is 6.48. The van der Waals surface area contributed by atoms with Gasteiger partial charge in [-0.05, 0) is 24.6 Å². The highest BCUT2D eigenvalue weighted by molar-refractivity contribution is 5.27. The van der Waals surface area contributed by atoms with Gasteiger partial charge in [0.1, 0.15) is 0 Å². The lowest BCUT2D eigenvalue weighted by Gasteiger charge is -2.15. The summed E-state index contributed by atoms with van der Waals surface area (Å²) in [4.78, 5) is 0. The molecule has 0 saturated carbocycles. The molecule has 0 atom stereocenters. The molecule has 0 aliphatic heterocycles. The molecule has 0 aliphatic carbocycles. The molecule has 78 valence electrons. The Balaban J connectivity index is 2.93. The molecule has 3 heteroatoms. The van der Waals surface area contributed by atoms with Crippen molar-refractivity contribution in [2.75, 3.05) is 6.54 Å². The van der Waals surface area contributed by atoms with Crippen LogP contribution in [0.5, 0.6) is 0 Å². The van der Waals surface area contributed by atoms with Gasteiger partial charge in [-0.2, -0.15) is 0 Å². The number of nitrogens with two attached hydrogens (primary N) is 1. The second kappa shape index (κ2) is 4.51. The number of halogens is 2. The van der Waals surface area contributed by atoms with Gasteiger partial charge in [-0.3, -0.25) is 0 Å². The van der Waals surface area contributed by atoms with Crippen molar-refractivity contribution in [1.82, 2.24) is 0 Å². The average Bonchev–Trinajstić information content (AvgIpc) is 2.19. The Hall–Kier alpha value is -0.960. The van der Waals surface area contributed by atoms with Crippen LogP contribution < -0.4 is 5.73 Å². The van der Waals surface area contributed by atoms with E-state index in [-0.39, 0.29) is 12.0 Å². The van der Waals surface area contributed by atoms with Gasteiger partial charge in [-0.25, -0.2) is 8.78 Å². The fraction of sp³-hybridized carbons (Fsp3) is 0.455. The van der Waals surface area contributed by atoms with Gasteiger partial charge in [-0.1, -0.05) is 25.1 Å². The van der Waals surface area contributed by atoms with Crippen LogP contribution in [0.2, 0.25) is 0 Å². The number of alkyl halides is 2. The topological polar surface area (TPSA) is 26.0 Å². The van der Waals surface area contributed by atoms with E-state index in [1.165, 1.54) is 19.1 Å². The van der Waals surface area contributed by atoms with Crippen LogP contribution in [-0.2, 0) is 12.3 Å². The predicted molar refractivity (Wildman–Crippen MR) is 53.4 cm³/mol. The average molecular weight is 199 g/mol. The molecular formula is C11H15F2N. The molecule has 1 nitrogen and oxygen atoms in total. The lowest BCUT2D eigenvalue weighted by molar-refractivity contribution is -0.00835. The Morgan fingerprint density at radius 3 is 2.64 bits per heavy atom. The lowest BCUT2D eigenvalue weighted by atomic mass is 10.0. The molecule has 0 radical (unpaired) electrons. The lowest BCUT2D eigenvalue weighted by Crippen LogP contribution is -2.12. The van der Waals surface area contributed by atoms with E-state index in [4.69, 9.17) is 5.73 Å². The molecule has 0 aliphatic rings. The minimum atomic E-state index is -2.72. The van der Waals surface area contributed by atoms with Crippen molar-refractivity contribution in [3.05, 3.63) is 35.4 Å². The summed E-state index contributed by atoms with van der Waals surface area (Å²) in [5, 5.41) is 0. The van der Waals surface area contributed by atoms with Crippen LogP contribution in [0.4, 0.5) is 8.78 Å². The number of hydrogen-bond donors (Lipinski definition) is 1. The van der Waals surface area contributed by atoms with Crippen LogP contribution in [0.3, 0.4) is 0 Å². The van der Waals surface area contributed by atoms with Crippen LogP contribution in [0.15, 0.2) is 24.3 Å². The first-order chi connectivity index (χ1) is 6.60. The molecule has 14 heavy (non-hydrogen) atoms. The first-order valence-corrected chi connectivity index (χ1v) is 4.77. The van der Waals surface area contributed by atoms with Gasteiger partial charge in [0.05, 0.1) is 0 Å². The van der Waals surface area contributed by atoms with E-state index in [9.17, 15) is 8.78 Å². The molecule has 1 aromatic rings. The number of rotatable bonds is 4. The highest BCUT2D eigenvalue weighted by Crippen LogP contribution is 2.31. The van der Waals surface area contributed by atoms with Crippen molar-refractivity contribution < 1.29 is 8.78 Å². The van der Waals surface area contributed by atoms with Crippen molar-refractivity contribution in [2.45, 2.75) is 25.7 Å². The SMILES string of the molecule is CCC(F)(F)c1cccc(CCN)c1. The molecule has 0 bridgehead atoms. The second-order valence-electron chi connectivity index (χ2n) is 3.30. The highest BCUT2D eigenvalue weighted by Gasteiger charge is 2.28. The summed E-state index contributed by atoms with van der Waals surface area (Å²) < 4.78 is 26.5. The summed E-state index contributed by atoms with van der Waals surface area (Å²) in [7, 11) is 0. The van der Waals surface area contributed by atoms with E-state index in [1.807, 2.05) is 6.07 Å². The van der Waals surface area contributed by atoms with Gasteiger partial charge in [0, 0.05) is 12.0 Å². The fourth-order valence-electron chi connectivity index (χ4n) is 1.33. The maximum absolute atomic E-state index is 13.3. The summed E-state index contributed by atoms with van der Waals surface area (Å²) >= 11 is 0. The molecule has 0 fully saturated rings. The third-order valence-electron chi connectivity index (χ3n) is 2.23. The standard InChI is InChI=1S/C11H15F2N/c1-2-11(12,13)10-5-3-4-9(8-10)6-7-14/h3-5,8H,2,6-7,14H2,1H3. The van der Waals surface area contributed by atoms with Gasteiger partial charge in [0.2, 0.25) is 0 Å². The van der Waals surface area contributed by atoms with E-state index in [0.29, 0.717) is 13.0 Å². The van der Waals surface area contributed by atoms with Crippen molar-refractivity contribution in [1.29, 1.82) is 0 Å². The minimum Gasteiger partial charge on any atom is -0.330 e. The van der Waals surface area contributed by atoms with Crippen LogP contribution >= 0.6 is 0 Å². The molecule has 0 unspecified atom stereocenters. The van der Waals surface area contributed by atoms with Crippen LogP contribution in [0.1, 0.15) is 24.5 Å². The van der Waals surface area contributed by atoms with E-state index in [2.05, 4.69) is 0 Å². The number of hydrogen-bond acceptors (Lipinski definition) is 1. The Labute approximate surface area is 82.9 Å². The van der Waals surface area contributed by atoms with Gasteiger partial charge < -0.3 is 5.73 Å². The minimum absolute atomic E-state index is 0.0888. The van der Waals surface area contributed by atoms with Crippen molar-refractivity contribution in [3.63, 3.8) is 0 Å². The third-order valence-corrected chi connectivity index (χ3v) is 2.23. The normalized spacial score (nSPS) is 11.7. The van der Waals surface area contributed by atoms with Crippen molar-refractivity contribution in [3.8, 4) is 0 Å². The quantitative estimate of drug-likeness (QED) is 0.792. The zero-order valence-corrected chi connectivity index (χ0v) is 8.26.